The summed E-state index contributed by atoms with van der Waals surface area (Å²) >= 11 is 0. The van der Waals surface area contributed by atoms with Crippen LogP contribution in [0.3, 0.4) is 0 Å². The quantitative estimate of drug-likeness (QED) is 0.685. The van der Waals surface area contributed by atoms with Gasteiger partial charge in [-0.2, -0.15) is 0 Å². The molecule has 0 aromatic rings. The summed E-state index contributed by atoms with van der Waals surface area (Å²) < 4.78 is 5.15. The molecule has 2 saturated heterocycles. The Morgan fingerprint density at radius 2 is 2.18 bits per heavy atom. The smallest absolute Gasteiger partial charge is 0.326 e. The molecule has 96 valence electrons. The van der Waals surface area contributed by atoms with E-state index in [0.29, 0.717) is 26.0 Å². The molecule has 0 radical (unpaired) electrons. The molecule has 2 atom stereocenters. The van der Waals surface area contributed by atoms with Crippen LogP contribution in [0.1, 0.15) is 25.7 Å². The van der Waals surface area contributed by atoms with Crippen LogP contribution in [-0.4, -0.2) is 53.2 Å². The average molecular weight is 242 g/mol. The lowest BCUT2D eigenvalue weighted by Gasteiger charge is -2.37. The second-order valence-corrected chi connectivity index (χ2v) is 4.81. The number of likely N-dealkylation sites (tertiary alicyclic amines) is 1. The Hall–Kier alpha value is -1.14. The number of carboxylic acids is 1. The summed E-state index contributed by atoms with van der Waals surface area (Å²) in [4.78, 5) is 24.8. The molecule has 0 aliphatic carbocycles. The molecular weight excluding hydrogens is 224 g/mol. The Morgan fingerprint density at radius 3 is 2.76 bits per heavy atom. The van der Waals surface area contributed by atoms with E-state index in [4.69, 9.17) is 15.6 Å². The van der Waals surface area contributed by atoms with Crippen molar-refractivity contribution in [1.82, 2.24) is 4.90 Å². The van der Waals surface area contributed by atoms with Gasteiger partial charge in [0.25, 0.3) is 0 Å². The van der Waals surface area contributed by atoms with Crippen LogP contribution in [0.4, 0.5) is 0 Å². The van der Waals surface area contributed by atoms with Gasteiger partial charge in [0.05, 0.1) is 6.61 Å². The van der Waals surface area contributed by atoms with E-state index in [0.717, 1.165) is 12.8 Å². The number of carbonyl (C=O) groups is 2. The van der Waals surface area contributed by atoms with Crippen molar-refractivity contribution in [2.75, 3.05) is 19.8 Å². The maximum absolute atomic E-state index is 12.3. The monoisotopic (exact) mass is 242 g/mol. The largest absolute Gasteiger partial charge is 0.480 e. The summed E-state index contributed by atoms with van der Waals surface area (Å²) in [5.41, 5.74) is 4.96. The van der Waals surface area contributed by atoms with Crippen LogP contribution < -0.4 is 5.73 Å². The zero-order valence-corrected chi connectivity index (χ0v) is 9.72. The van der Waals surface area contributed by atoms with Crippen molar-refractivity contribution in [3.05, 3.63) is 0 Å². The molecule has 0 bridgehead atoms. The Balaban J connectivity index is 2.13. The lowest BCUT2D eigenvalue weighted by Crippen LogP contribution is -2.60. The molecule has 2 rings (SSSR count). The molecule has 1 amide bonds. The molecule has 6 nitrogen and oxygen atoms in total. The number of hydrogen-bond acceptors (Lipinski definition) is 4. The van der Waals surface area contributed by atoms with E-state index < -0.39 is 17.6 Å². The zero-order chi connectivity index (χ0) is 12.5. The van der Waals surface area contributed by atoms with Gasteiger partial charge in [0, 0.05) is 13.2 Å². The van der Waals surface area contributed by atoms with Crippen molar-refractivity contribution in [1.29, 1.82) is 0 Å². The topological polar surface area (TPSA) is 92.9 Å². The molecule has 0 saturated carbocycles. The van der Waals surface area contributed by atoms with E-state index in [2.05, 4.69) is 0 Å². The first-order valence-electron chi connectivity index (χ1n) is 5.95. The van der Waals surface area contributed by atoms with E-state index in [-0.39, 0.29) is 12.5 Å². The van der Waals surface area contributed by atoms with Gasteiger partial charge < -0.3 is 20.5 Å². The zero-order valence-electron chi connectivity index (χ0n) is 9.72. The number of piperidine rings is 1. The number of amides is 1. The molecule has 2 fully saturated rings. The predicted molar refractivity (Wildman–Crippen MR) is 59.3 cm³/mol. The maximum atomic E-state index is 12.3. The molecule has 2 heterocycles. The fraction of sp³-hybridized carbons (Fsp3) is 0.818. The highest BCUT2D eigenvalue weighted by molar-refractivity contribution is 5.90. The van der Waals surface area contributed by atoms with Crippen molar-refractivity contribution in [2.24, 2.45) is 5.73 Å². The number of rotatable bonds is 2. The van der Waals surface area contributed by atoms with Crippen LogP contribution >= 0.6 is 0 Å². The summed E-state index contributed by atoms with van der Waals surface area (Å²) in [5.74, 6) is -1.22. The number of carbonyl (C=O) groups excluding carboxylic acids is 1. The molecule has 0 spiro atoms. The van der Waals surface area contributed by atoms with Crippen LogP contribution in [-0.2, 0) is 14.3 Å². The third kappa shape index (κ3) is 2.28. The lowest BCUT2D eigenvalue weighted by molar-refractivity contribution is -0.154. The van der Waals surface area contributed by atoms with Crippen molar-refractivity contribution in [3.63, 3.8) is 0 Å². The maximum Gasteiger partial charge on any atom is 0.326 e. The van der Waals surface area contributed by atoms with E-state index in [1.54, 1.807) is 0 Å². The van der Waals surface area contributed by atoms with Crippen molar-refractivity contribution in [2.45, 2.75) is 37.3 Å². The highest BCUT2D eigenvalue weighted by Crippen LogP contribution is 2.24. The van der Waals surface area contributed by atoms with Gasteiger partial charge in [-0.25, -0.2) is 4.79 Å². The van der Waals surface area contributed by atoms with Gasteiger partial charge in [-0.3, -0.25) is 4.79 Å². The fourth-order valence-electron chi connectivity index (χ4n) is 2.47. The van der Waals surface area contributed by atoms with Gasteiger partial charge in [-0.15, -0.1) is 0 Å². The SMILES string of the molecule is NC1(C(=O)N2CCCC[C@@H]2C(=O)O)CCOC1. The number of ether oxygens (including phenoxy) is 1. The first kappa shape index (κ1) is 12.3. The van der Waals surface area contributed by atoms with Crippen LogP contribution in [0.25, 0.3) is 0 Å². The summed E-state index contributed by atoms with van der Waals surface area (Å²) in [5, 5.41) is 9.12. The van der Waals surface area contributed by atoms with E-state index in [1.165, 1.54) is 4.90 Å². The van der Waals surface area contributed by atoms with Crippen molar-refractivity contribution < 1.29 is 19.4 Å². The van der Waals surface area contributed by atoms with Gasteiger partial charge in [-0.05, 0) is 25.7 Å². The summed E-state index contributed by atoms with van der Waals surface area (Å²) in [6, 6.07) is -0.725. The number of nitrogens with zero attached hydrogens (tertiary/aromatic N) is 1. The molecule has 17 heavy (non-hydrogen) atoms. The molecule has 6 heteroatoms. The third-order valence-corrected chi connectivity index (χ3v) is 3.53. The fourth-order valence-corrected chi connectivity index (χ4v) is 2.47. The normalized spacial score (nSPS) is 33.7. The first-order chi connectivity index (χ1) is 8.04. The highest BCUT2D eigenvalue weighted by Gasteiger charge is 2.44. The lowest BCUT2D eigenvalue weighted by atomic mass is 9.94. The second kappa shape index (κ2) is 4.62. The predicted octanol–water partition coefficient (Wildman–Crippen LogP) is -0.430. The third-order valence-electron chi connectivity index (χ3n) is 3.53. The Kier molecular flexibility index (Phi) is 3.35. The molecule has 2 aliphatic heterocycles. The van der Waals surface area contributed by atoms with Crippen molar-refractivity contribution in [3.8, 4) is 0 Å². The molecular formula is C11H18N2O4. The molecule has 3 N–H and O–H groups in total. The Morgan fingerprint density at radius 1 is 1.41 bits per heavy atom. The van der Waals surface area contributed by atoms with Gasteiger partial charge >= 0.3 is 5.97 Å². The average Bonchev–Trinajstić information content (AvgIpc) is 2.76. The summed E-state index contributed by atoms with van der Waals surface area (Å²) in [6.07, 6.45) is 2.66. The van der Waals surface area contributed by atoms with Gasteiger partial charge in [0.1, 0.15) is 11.6 Å². The molecule has 2 aliphatic rings. The van der Waals surface area contributed by atoms with Crippen molar-refractivity contribution >= 4 is 11.9 Å². The minimum absolute atomic E-state index is 0.189. The molecule has 0 aromatic heterocycles. The Bertz CT molecular complexity index is 325. The standard InChI is InChI=1S/C11H18N2O4/c12-11(4-6-17-7-11)10(16)13-5-2-1-3-8(13)9(14)15/h8H,1-7,12H2,(H,14,15)/t8-,11?/m1/s1. The van der Waals surface area contributed by atoms with Crippen LogP contribution in [0.5, 0.6) is 0 Å². The highest BCUT2D eigenvalue weighted by atomic mass is 16.5. The minimum atomic E-state index is -1.02. The summed E-state index contributed by atoms with van der Waals surface area (Å²) in [6.45, 7) is 1.14. The summed E-state index contributed by atoms with van der Waals surface area (Å²) in [7, 11) is 0. The number of nitrogens with two attached hydrogens (primary N) is 1. The second-order valence-electron chi connectivity index (χ2n) is 4.81. The van der Waals surface area contributed by atoms with Crippen LogP contribution in [0, 0.1) is 0 Å². The van der Waals surface area contributed by atoms with E-state index in [1.807, 2.05) is 0 Å². The molecule has 1 unspecified atom stereocenters. The van der Waals surface area contributed by atoms with Gasteiger partial charge in [-0.1, -0.05) is 0 Å². The number of hydrogen-bond donors (Lipinski definition) is 2. The van der Waals surface area contributed by atoms with Gasteiger partial charge in [0.15, 0.2) is 0 Å². The van der Waals surface area contributed by atoms with Crippen LogP contribution in [0.2, 0.25) is 0 Å². The Labute approximate surface area is 99.7 Å². The molecule has 0 aromatic carbocycles. The first-order valence-corrected chi connectivity index (χ1v) is 5.95. The van der Waals surface area contributed by atoms with E-state index >= 15 is 0 Å². The number of carboxylic acid groups (broad SMARTS) is 1. The van der Waals surface area contributed by atoms with E-state index in [9.17, 15) is 9.59 Å². The van der Waals surface area contributed by atoms with Gasteiger partial charge in [0.2, 0.25) is 5.91 Å². The number of aliphatic carboxylic acids is 1. The van der Waals surface area contributed by atoms with Crippen LogP contribution in [0.15, 0.2) is 0 Å². The minimum Gasteiger partial charge on any atom is -0.480 e.